The Labute approximate surface area is 136 Å². The summed E-state index contributed by atoms with van der Waals surface area (Å²) in [6, 6.07) is 12.4. The molecule has 0 atom stereocenters. The first kappa shape index (κ1) is 13.2. The van der Waals surface area contributed by atoms with Gasteiger partial charge >= 0.3 is 0 Å². The molecule has 21 heavy (non-hydrogen) atoms. The van der Waals surface area contributed by atoms with E-state index >= 15 is 0 Å². The lowest BCUT2D eigenvalue weighted by Crippen LogP contribution is -2.00. The number of hydrogen-bond acceptors (Lipinski definition) is 1. The quantitative estimate of drug-likeness (QED) is 0.623. The fraction of sp³-hybridized carbons (Fsp3) is 0.176. The lowest BCUT2D eigenvalue weighted by Gasteiger charge is -2.11. The van der Waals surface area contributed by atoms with Gasteiger partial charge in [-0.25, -0.2) is 0 Å². The zero-order chi connectivity index (χ0) is 14.4. The van der Waals surface area contributed by atoms with Crippen LogP contribution in [0.2, 0.25) is 5.02 Å². The fourth-order valence-corrected chi connectivity index (χ4v) is 3.69. The zero-order valence-electron chi connectivity index (χ0n) is 11.3. The highest BCUT2D eigenvalue weighted by atomic mass is 79.9. The summed E-state index contributed by atoms with van der Waals surface area (Å²) in [6.45, 7) is 1.58. The van der Waals surface area contributed by atoms with Gasteiger partial charge in [-0.2, -0.15) is 0 Å². The maximum atomic E-state index is 6.05. The summed E-state index contributed by atoms with van der Waals surface area (Å²) in [5.41, 5.74) is 3.69. The number of nitrogens with zero attached hydrogens (tertiary/aromatic N) is 1. The summed E-state index contributed by atoms with van der Waals surface area (Å²) < 4.78 is 9.15. The molecular formula is C17H13BrClNO. The highest BCUT2D eigenvalue weighted by Crippen LogP contribution is 2.34. The van der Waals surface area contributed by atoms with E-state index in [0.29, 0.717) is 0 Å². The van der Waals surface area contributed by atoms with E-state index in [1.54, 1.807) is 0 Å². The highest BCUT2D eigenvalue weighted by Gasteiger charge is 2.18. The van der Waals surface area contributed by atoms with Gasteiger partial charge in [0.1, 0.15) is 5.75 Å². The molecule has 0 saturated carbocycles. The Kier molecular flexibility index (Phi) is 3.20. The number of hydrogen-bond donors (Lipinski definition) is 0. The van der Waals surface area contributed by atoms with Crippen LogP contribution in [0.4, 0.5) is 0 Å². The van der Waals surface area contributed by atoms with Gasteiger partial charge in [-0.3, -0.25) is 0 Å². The van der Waals surface area contributed by atoms with Crippen LogP contribution < -0.4 is 4.74 Å². The molecule has 0 amide bonds. The van der Waals surface area contributed by atoms with E-state index in [0.717, 1.165) is 40.2 Å². The van der Waals surface area contributed by atoms with Crippen LogP contribution in [0.15, 0.2) is 47.1 Å². The minimum atomic E-state index is 0.770. The van der Waals surface area contributed by atoms with Gasteiger partial charge in [0, 0.05) is 38.6 Å². The highest BCUT2D eigenvalue weighted by molar-refractivity contribution is 9.10. The van der Waals surface area contributed by atoms with Crippen molar-refractivity contribution in [3.63, 3.8) is 0 Å². The molecule has 0 saturated heterocycles. The van der Waals surface area contributed by atoms with E-state index in [2.05, 4.69) is 51.0 Å². The Hall–Kier alpha value is -1.45. The Morgan fingerprint density at radius 2 is 2.10 bits per heavy atom. The molecule has 2 aromatic carbocycles. The SMILES string of the molecule is Clc1ccc2c(ccn2Cc2cc(Br)cc3c2OCC3)c1. The zero-order valence-corrected chi connectivity index (χ0v) is 13.6. The molecule has 0 fully saturated rings. The second-order valence-electron chi connectivity index (χ2n) is 5.30. The molecule has 1 aromatic heterocycles. The van der Waals surface area contributed by atoms with Crippen LogP contribution in [0.25, 0.3) is 10.9 Å². The second kappa shape index (κ2) is 5.08. The average Bonchev–Trinajstić information content (AvgIpc) is 3.05. The van der Waals surface area contributed by atoms with Gasteiger partial charge in [0.2, 0.25) is 0 Å². The first-order valence-corrected chi connectivity index (χ1v) is 8.06. The van der Waals surface area contributed by atoms with E-state index in [1.165, 1.54) is 16.6 Å². The molecule has 0 aliphatic carbocycles. The Balaban J connectivity index is 1.79. The van der Waals surface area contributed by atoms with Crippen molar-refractivity contribution in [2.45, 2.75) is 13.0 Å². The lowest BCUT2D eigenvalue weighted by atomic mass is 10.1. The van der Waals surface area contributed by atoms with Crippen molar-refractivity contribution in [1.82, 2.24) is 4.57 Å². The van der Waals surface area contributed by atoms with Crippen molar-refractivity contribution in [3.05, 3.63) is 63.2 Å². The van der Waals surface area contributed by atoms with E-state index < -0.39 is 0 Å². The molecule has 1 aliphatic rings. The van der Waals surface area contributed by atoms with Crippen LogP contribution in [-0.2, 0) is 13.0 Å². The van der Waals surface area contributed by atoms with Crippen LogP contribution in [0.3, 0.4) is 0 Å². The third-order valence-corrected chi connectivity index (χ3v) is 4.59. The molecule has 106 valence electrons. The van der Waals surface area contributed by atoms with Crippen LogP contribution >= 0.6 is 27.5 Å². The molecule has 1 aliphatic heterocycles. The predicted molar refractivity (Wildman–Crippen MR) is 89.4 cm³/mol. The van der Waals surface area contributed by atoms with Crippen LogP contribution in [0, 0.1) is 0 Å². The average molecular weight is 363 g/mol. The molecule has 2 heterocycles. The molecule has 0 unspecified atom stereocenters. The van der Waals surface area contributed by atoms with Gasteiger partial charge < -0.3 is 9.30 Å². The van der Waals surface area contributed by atoms with Gasteiger partial charge in [0.15, 0.2) is 0 Å². The van der Waals surface area contributed by atoms with E-state index in [-0.39, 0.29) is 0 Å². The number of halogens is 2. The molecule has 0 radical (unpaired) electrons. The van der Waals surface area contributed by atoms with E-state index in [4.69, 9.17) is 16.3 Å². The van der Waals surface area contributed by atoms with E-state index in [1.807, 2.05) is 12.1 Å². The second-order valence-corrected chi connectivity index (χ2v) is 6.65. The van der Waals surface area contributed by atoms with Crippen molar-refractivity contribution < 1.29 is 4.74 Å². The Morgan fingerprint density at radius 1 is 1.19 bits per heavy atom. The summed E-state index contributed by atoms with van der Waals surface area (Å²) >= 11 is 9.65. The van der Waals surface area contributed by atoms with Gasteiger partial charge in [-0.05, 0) is 42.0 Å². The van der Waals surface area contributed by atoms with Crippen LogP contribution in [-0.4, -0.2) is 11.2 Å². The van der Waals surface area contributed by atoms with Crippen molar-refractivity contribution >= 4 is 38.4 Å². The number of rotatable bonds is 2. The van der Waals surface area contributed by atoms with E-state index in [9.17, 15) is 0 Å². The summed E-state index contributed by atoms with van der Waals surface area (Å²) in [5, 5.41) is 1.93. The number of fused-ring (bicyclic) bond motifs is 2. The van der Waals surface area contributed by atoms with Gasteiger partial charge in [0.25, 0.3) is 0 Å². The molecule has 0 bridgehead atoms. The number of benzene rings is 2. The molecule has 4 rings (SSSR count). The first-order valence-electron chi connectivity index (χ1n) is 6.89. The van der Waals surface area contributed by atoms with Gasteiger partial charge in [0.05, 0.1) is 13.2 Å². The van der Waals surface area contributed by atoms with Crippen molar-refractivity contribution in [3.8, 4) is 5.75 Å². The minimum absolute atomic E-state index is 0.770. The van der Waals surface area contributed by atoms with Gasteiger partial charge in [-0.1, -0.05) is 27.5 Å². The monoisotopic (exact) mass is 361 g/mol. The third kappa shape index (κ3) is 2.34. The summed E-state index contributed by atoms with van der Waals surface area (Å²) in [6.07, 6.45) is 3.09. The minimum Gasteiger partial charge on any atom is -0.493 e. The van der Waals surface area contributed by atoms with Crippen LogP contribution in [0.1, 0.15) is 11.1 Å². The predicted octanol–water partition coefficient (Wildman–Crippen LogP) is 5.04. The summed E-state index contributed by atoms with van der Waals surface area (Å²) in [4.78, 5) is 0. The molecule has 0 spiro atoms. The standard InChI is InChI=1S/C17H13BrClNO/c18-14-7-12-4-6-21-17(12)13(8-14)10-20-5-3-11-9-15(19)1-2-16(11)20/h1-3,5,7-9H,4,6,10H2. The normalized spacial score (nSPS) is 13.4. The van der Waals surface area contributed by atoms with Crippen LogP contribution in [0.5, 0.6) is 5.75 Å². The summed E-state index contributed by atoms with van der Waals surface area (Å²) in [7, 11) is 0. The number of aromatic nitrogens is 1. The first-order chi connectivity index (χ1) is 10.2. The van der Waals surface area contributed by atoms with Crippen molar-refractivity contribution in [1.29, 1.82) is 0 Å². The lowest BCUT2D eigenvalue weighted by molar-refractivity contribution is 0.353. The largest absolute Gasteiger partial charge is 0.493 e. The van der Waals surface area contributed by atoms with Crippen molar-refractivity contribution in [2.24, 2.45) is 0 Å². The molecular weight excluding hydrogens is 350 g/mol. The number of ether oxygens (including phenoxy) is 1. The molecule has 0 N–H and O–H groups in total. The van der Waals surface area contributed by atoms with Crippen molar-refractivity contribution in [2.75, 3.05) is 6.61 Å². The molecule has 2 nitrogen and oxygen atoms in total. The Bertz CT molecular complexity index is 840. The molecule has 3 aromatic rings. The maximum Gasteiger partial charge on any atom is 0.127 e. The smallest absolute Gasteiger partial charge is 0.127 e. The Morgan fingerprint density at radius 3 is 3.00 bits per heavy atom. The fourth-order valence-electron chi connectivity index (χ4n) is 2.96. The maximum absolute atomic E-state index is 6.05. The topological polar surface area (TPSA) is 14.2 Å². The summed E-state index contributed by atoms with van der Waals surface area (Å²) in [5.74, 6) is 1.05. The van der Waals surface area contributed by atoms with Gasteiger partial charge in [-0.15, -0.1) is 0 Å². The third-order valence-electron chi connectivity index (χ3n) is 3.90. The molecule has 4 heteroatoms.